The minimum atomic E-state index is -5.18. The molecule has 3 aromatic rings. The van der Waals surface area contributed by atoms with Gasteiger partial charge in [0, 0.05) is 23.6 Å². The molecule has 0 saturated heterocycles. The SMILES string of the molecule is O=C(Nc1cc(S(=O)(=O)O)cc2cc(S(=O)(=O)O)cc(O)c12)c1ccc([N+](=O)[O-])cc1S(=O)(=O)O.[NaH].[NaH].[NaH]. The first-order valence-electron chi connectivity index (χ1n) is 8.72. The third kappa shape index (κ3) is 8.41. The number of aromatic hydroxyl groups is 1. The van der Waals surface area contributed by atoms with Crippen molar-refractivity contribution in [2.75, 3.05) is 5.32 Å². The topological polar surface area (TPSA) is 256 Å². The number of non-ortho nitro benzene ring substituents is 1. The Labute approximate surface area is 281 Å². The second-order valence-corrected chi connectivity index (χ2v) is 11.1. The van der Waals surface area contributed by atoms with Gasteiger partial charge in [0.1, 0.15) is 10.6 Å². The van der Waals surface area contributed by atoms with Crippen molar-refractivity contribution in [3.8, 4) is 5.75 Å². The number of nitro benzene ring substituents is 1. The molecule has 0 heterocycles. The molecule has 0 fully saturated rings. The molecule has 0 spiro atoms. The average Bonchev–Trinajstić information content (AvgIpc) is 2.70. The van der Waals surface area contributed by atoms with E-state index in [1.165, 1.54) is 0 Å². The Morgan fingerprint density at radius 3 is 1.74 bits per heavy atom. The Kier molecular flexibility index (Phi) is 13.1. The predicted octanol–water partition coefficient (Wildman–Crippen LogP) is -0.500. The molecule has 192 valence electrons. The summed E-state index contributed by atoms with van der Waals surface area (Å²) in [5.41, 5.74) is -2.19. The second-order valence-electron chi connectivity index (χ2n) is 6.83. The van der Waals surface area contributed by atoms with E-state index in [0.29, 0.717) is 36.4 Å². The maximum absolute atomic E-state index is 12.8. The monoisotopic (exact) mass is 620 g/mol. The quantitative estimate of drug-likeness (QED) is 0.101. The summed E-state index contributed by atoms with van der Waals surface area (Å²) in [6.45, 7) is 0. The summed E-state index contributed by atoms with van der Waals surface area (Å²) in [7, 11) is -15.0. The van der Waals surface area contributed by atoms with E-state index in [1.807, 2.05) is 5.32 Å². The zero-order chi connectivity index (χ0) is 26.5. The van der Waals surface area contributed by atoms with Crippen molar-refractivity contribution in [2.45, 2.75) is 14.7 Å². The number of nitrogens with zero attached hydrogens (tertiary/aromatic N) is 1. The van der Waals surface area contributed by atoms with Crippen molar-refractivity contribution < 1.29 is 53.7 Å². The molecule has 0 atom stereocenters. The van der Waals surface area contributed by atoms with Gasteiger partial charge in [-0.1, -0.05) is 0 Å². The van der Waals surface area contributed by atoms with E-state index in [9.17, 15) is 58.9 Å². The predicted molar refractivity (Wildman–Crippen MR) is 138 cm³/mol. The molecule has 0 aliphatic rings. The van der Waals surface area contributed by atoms with E-state index in [-0.39, 0.29) is 88.7 Å². The summed E-state index contributed by atoms with van der Waals surface area (Å²) in [5, 5.41) is 22.5. The van der Waals surface area contributed by atoms with Crippen LogP contribution in [0.5, 0.6) is 5.75 Å². The molecule has 0 aliphatic heterocycles. The van der Waals surface area contributed by atoms with Crippen molar-refractivity contribution >= 4 is 147 Å². The number of nitrogens with one attached hydrogen (secondary N) is 1. The second kappa shape index (κ2) is 13.3. The third-order valence-electron chi connectivity index (χ3n) is 4.52. The molecule has 15 nitrogen and oxygen atoms in total. The Hall–Kier alpha value is -0.680. The fourth-order valence-electron chi connectivity index (χ4n) is 3.05. The number of carbonyl (C=O) groups is 1. The van der Waals surface area contributed by atoms with Crippen LogP contribution in [0.1, 0.15) is 10.4 Å². The number of phenols is 1. The molecular formula is C17H15N2Na3O13S3. The Morgan fingerprint density at radius 2 is 1.29 bits per heavy atom. The summed E-state index contributed by atoms with van der Waals surface area (Å²) >= 11 is 0. The zero-order valence-corrected chi connectivity index (χ0v) is 19.1. The number of hydrogen-bond donors (Lipinski definition) is 5. The third-order valence-corrected chi connectivity index (χ3v) is 7.07. The van der Waals surface area contributed by atoms with Crippen molar-refractivity contribution in [3.05, 3.63) is 58.1 Å². The van der Waals surface area contributed by atoms with Gasteiger partial charge in [0.2, 0.25) is 0 Å². The molecule has 3 rings (SSSR count). The molecule has 0 aliphatic carbocycles. The number of hydrogen-bond acceptors (Lipinski definition) is 10. The standard InChI is InChI=1S/C17H12N2O13S3.3Na.3H/c20-14-7-11(34(27,28)29)4-8-3-10(33(24,25)26)6-13(16(8)14)18-17(21)12-2-1-9(19(22)23)5-15(12)35(30,31)32;;;;;;/h1-7,20H,(H,18,21)(H,24,25,26)(H,27,28,29)(H,30,31,32);;;;;;. The van der Waals surface area contributed by atoms with Gasteiger partial charge in [-0.05, 0) is 29.7 Å². The van der Waals surface area contributed by atoms with E-state index >= 15 is 0 Å². The van der Waals surface area contributed by atoms with Crippen LogP contribution >= 0.6 is 0 Å². The van der Waals surface area contributed by atoms with E-state index in [0.717, 1.165) is 6.07 Å². The van der Waals surface area contributed by atoms with E-state index < -0.39 is 89.3 Å². The zero-order valence-electron chi connectivity index (χ0n) is 16.7. The molecule has 0 aromatic heterocycles. The van der Waals surface area contributed by atoms with Gasteiger partial charge in [-0.3, -0.25) is 28.6 Å². The molecule has 38 heavy (non-hydrogen) atoms. The Bertz CT molecular complexity index is 1760. The normalized spacial score (nSPS) is 11.4. The average molecular weight is 620 g/mol. The van der Waals surface area contributed by atoms with Crippen molar-refractivity contribution in [2.24, 2.45) is 0 Å². The Morgan fingerprint density at radius 1 is 0.789 bits per heavy atom. The fourth-order valence-corrected chi connectivity index (χ4v) is 4.84. The van der Waals surface area contributed by atoms with E-state index in [2.05, 4.69) is 0 Å². The van der Waals surface area contributed by atoms with Crippen LogP contribution in [-0.4, -0.2) is 144 Å². The van der Waals surface area contributed by atoms with Crippen LogP contribution < -0.4 is 5.32 Å². The number of nitro groups is 1. The number of anilines is 1. The summed E-state index contributed by atoms with van der Waals surface area (Å²) < 4.78 is 97.7. The first-order chi connectivity index (χ1) is 15.9. The van der Waals surface area contributed by atoms with Crippen LogP contribution in [0.15, 0.2) is 57.2 Å². The number of rotatable bonds is 6. The summed E-state index contributed by atoms with van der Waals surface area (Å²) in [4.78, 5) is 19.8. The first-order valence-corrected chi connectivity index (χ1v) is 13.0. The van der Waals surface area contributed by atoms with Crippen molar-refractivity contribution in [1.29, 1.82) is 0 Å². The van der Waals surface area contributed by atoms with E-state index in [1.54, 1.807) is 0 Å². The van der Waals surface area contributed by atoms with Crippen LogP contribution in [0.3, 0.4) is 0 Å². The van der Waals surface area contributed by atoms with Gasteiger partial charge in [-0.2, -0.15) is 25.3 Å². The number of fused-ring (bicyclic) bond motifs is 1. The van der Waals surface area contributed by atoms with Crippen LogP contribution in [-0.2, 0) is 30.4 Å². The number of amides is 1. The number of phenolic OH excluding ortho intramolecular Hbond substituents is 1. The molecule has 21 heteroatoms. The van der Waals surface area contributed by atoms with Crippen molar-refractivity contribution in [1.82, 2.24) is 0 Å². The molecule has 3 aromatic carbocycles. The molecule has 0 radical (unpaired) electrons. The molecule has 0 bridgehead atoms. The van der Waals surface area contributed by atoms with Gasteiger partial charge < -0.3 is 10.4 Å². The van der Waals surface area contributed by atoms with Gasteiger partial charge in [0.15, 0.2) is 0 Å². The number of benzene rings is 3. The van der Waals surface area contributed by atoms with E-state index in [4.69, 9.17) is 0 Å². The molecule has 0 unspecified atom stereocenters. The van der Waals surface area contributed by atoms with Crippen LogP contribution in [0.25, 0.3) is 10.8 Å². The molecular weight excluding hydrogens is 605 g/mol. The molecule has 5 N–H and O–H groups in total. The van der Waals surface area contributed by atoms with Gasteiger partial charge in [-0.15, -0.1) is 0 Å². The number of carbonyl (C=O) groups excluding carboxylic acids is 1. The summed E-state index contributed by atoms with van der Waals surface area (Å²) in [6.07, 6.45) is 0. The maximum atomic E-state index is 12.8. The van der Waals surface area contributed by atoms with Gasteiger partial charge >= 0.3 is 88.7 Å². The minimum absolute atomic E-state index is 0. The van der Waals surface area contributed by atoms with Crippen molar-refractivity contribution in [3.63, 3.8) is 0 Å². The molecule has 1 amide bonds. The fraction of sp³-hybridized carbons (Fsp3) is 0. The molecule has 0 saturated carbocycles. The van der Waals surface area contributed by atoms with Crippen LogP contribution in [0.4, 0.5) is 11.4 Å². The first kappa shape index (κ1) is 37.3. The van der Waals surface area contributed by atoms with Gasteiger partial charge in [0.25, 0.3) is 41.9 Å². The Balaban J connectivity index is 0.00000456. The van der Waals surface area contributed by atoms with Gasteiger partial charge in [0.05, 0.1) is 26.0 Å². The van der Waals surface area contributed by atoms with Crippen LogP contribution in [0, 0.1) is 10.1 Å². The van der Waals surface area contributed by atoms with Gasteiger partial charge in [-0.25, -0.2) is 0 Å². The summed E-state index contributed by atoms with van der Waals surface area (Å²) in [5.74, 6) is -2.24. The van der Waals surface area contributed by atoms with Crippen LogP contribution in [0.2, 0.25) is 0 Å². The summed E-state index contributed by atoms with van der Waals surface area (Å²) in [6, 6.07) is 4.45.